The molecule has 0 saturated carbocycles. The molecule has 0 atom stereocenters. The molecule has 2 aromatic heterocycles. The predicted molar refractivity (Wildman–Crippen MR) is 157 cm³/mol. The van der Waals surface area contributed by atoms with E-state index in [1.165, 1.54) is 31.4 Å². The second-order valence-electron chi connectivity index (χ2n) is 10.00. The van der Waals surface area contributed by atoms with Gasteiger partial charge in [-0.2, -0.15) is 4.98 Å². The molecule has 228 valence electrons. The van der Waals surface area contributed by atoms with E-state index in [2.05, 4.69) is 14.9 Å². The molecule has 12 heteroatoms. The molecule has 5 aromatic rings. The molecule has 0 aliphatic carbocycles. The van der Waals surface area contributed by atoms with Gasteiger partial charge in [-0.3, -0.25) is 13.9 Å². The smallest absolute Gasteiger partial charge is 0.452 e. The largest absolute Gasteiger partial charge is 0.573 e. The van der Waals surface area contributed by atoms with E-state index in [0.717, 1.165) is 28.7 Å². The number of nitrogens with two attached hydrogens (primary N) is 1. The number of methoxy groups -OCH3 is 1. The Bertz CT molecular complexity index is 1780. The third kappa shape index (κ3) is 6.97. The first kappa shape index (κ1) is 30.5. The summed E-state index contributed by atoms with van der Waals surface area (Å²) < 4.78 is 53.4. The number of aryl methyl sites for hydroxylation is 1. The molecule has 0 saturated heterocycles. The van der Waals surface area contributed by atoms with Crippen molar-refractivity contribution in [3.8, 4) is 34.3 Å². The van der Waals surface area contributed by atoms with Gasteiger partial charge in [0.15, 0.2) is 0 Å². The van der Waals surface area contributed by atoms with Crippen molar-refractivity contribution in [3.63, 3.8) is 0 Å². The average Bonchev–Trinajstić information content (AvgIpc) is 3.50. The van der Waals surface area contributed by atoms with Crippen molar-refractivity contribution in [1.82, 2.24) is 19.7 Å². The minimum Gasteiger partial charge on any atom is -0.452 e. The van der Waals surface area contributed by atoms with Gasteiger partial charge in [0.05, 0.1) is 19.3 Å². The van der Waals surface area contributed by atoms with Gasteiger partial charge in [-0.25, -0.2) is 4.98 Å². The molecule has 9 nitrogen and oxygen atoms in total. The van der Waals surface area contributed by atoms with E-state index in [-0.39, 0.29) is 36.9 Å². The Balaban J connectivity index is 1.44. The minimum atomic E-state index is -4.79. The first-order valence-electron chi connectivity index (χ1n) is 13.9. The van der Waals surface area contributed by atoms with Crippen molar-refractivity contribution in [2.45, 2.75) is 45.6 Å². The number of aromatic nitrogens is 4. The topological polar surface area (TPSA) is 118 Å². The molecule has 5 rings (SSSR count). The third-order valence-electron chi connectivity index (χ3n) is 6.99. The summed E-state index contributed by atoms with van der Waals surface area (Å²) in [7, 11) is 1.45. The lowest BCUT2D eigenvalue weighted by Crippen LogP contribution is -2.31. The van der Waals surface area contributed by atoms with E-state index in [0.29, 0.717) is 34.9 Å². The van der Waals surface area contributed by atoms with Gasteiger partial charge in [-0.1, -0.05) is 72.7 Å². The molecule has 0 unspecified atom stereocenters. The highest BCUT2D eigenvalue weighted by Crippen LogP contribution is 2.31. The SMILES string of the molecule is CCCc1nc(CN)c(Cc2ccc(OC(F)(F)F)cc2)c(=O)n1Cc1ccc(-c2ccccc2-c2noc(OC)n2)cc1. The van der Waals surface area contributed by atoms with E-state index in [1.807, 2.05) is 55.5 Å². The molecular formula is C32H30F3N5O4. The summed E-state index contributed by atoms with van der Waals surface area (Å²) in [4.78, 5) is 22.9. The zero-order valence-corrected chi connectivity index (χ0v) is 24.1. The van der Waals surface area contributed by atoms with Gasteiger partial charge in [-0.15, -0.1) is 13.2 Å². The number of ether oxygens (including phenoxy) is 2. The van der Waals surface area contributed by atoms with Crippen molar-refractivity contribution in [3.05, 3.63) is 111 Å². The Morgan fingerprint density at radius 2 is 1.61 bits per heavy atom. The van der Waals surface area contributed by atoms with Crippen LogP contribution >= 0.6 is 0 Å². The molecule has 0 amide bonds. The second-order valence-corrected chi connectivity index (χ2v) is 10.00. The Kier molecular flexibility index (Phi) is 9.09. The average molecular weight is 606 g/mol. The lowest BCUT2D eigenvalue weighted by atomic mass is 9.98. The zero-order chi connectivity index (χ0) is 31.3. The van der Waals surface area contributed by atoms with Crippen LogP contribution in [0.15, 0.2) is 82.1 Å². The number of hydrogen-bond acceptors (Lipinski definition) is 8. The summed E-state index contributed by atoms with van der Waals surface area (Å²) in [5.74, 6) is 0.687. The van der Waals surface area contributed by atoms with Crippen LogP contribution < -0.4 is 20.8 Å². The fraction of sp³-hybridized carbons (Fsp3) is 0.250. The number of nitrogens with zero attached hydrogens (tertiary/aromatic N) is 4. The molecule has 0 spiro atoms. The van der Waals surface area contributed by atoms with Crippen LogP contribution in [0.2, 0.25) is 0 Å². The molecular weight excluding hydrogens is 575 g/mol. The highest BCUT2D eigenvalue weighted by Gasteiger charge is 2.31. The van der Waals surface area contributed by atoms with E-state index in [1.54, 1.807) is 4.57 Å². The summed E-state index contributed by atoms with van der Waals surface area (Å²) in [5.41, 5.74) is 10.7. The van der Waals surface area contributed by atoms with E-state index in [9.17, 15) is 18.0 Å². The molecule has 0 fully saturated rings. The van der Waals surface area contributed by atoms with Crippen LogP contribution in [0.25, 0.3) is 22.5 Å². The van der Waals surface area contributed by atoms with Crippen LogP contribution in [-0.4, -0.2) is 33.2 Å². The van der Waals surface area contributed by atoms with Crippen LogP contribution in [0.4, 0.5) is 13.2 Å². The molecule has 2 heterocycles. The van der Waals surface area contributed by atoms with Gasteiger partial charge in [0, 0.05) is 30.5 Å². The molecule has 0 bridgehead atoms. The Morgan fingerprint density at radius 1 is 0.932 bits per heavy atom. The lowest BCUT2D eigenvalue weighted by Gasteiger charge is -2.17. The fourth-order valence-electron chi connectivity index (χ4n) is 4.93. The van der Waals surface area contributed by atoms with Gasteiger partial charge in [0.2, 0.25) is 5.82 Å². The Labute approximate surface area is 251 Å². The Hall–Kier alpha value is -4.97. The summed E-state index contributed by atoms with van der Waals surface area (Å²) in [6.07, 6.45) is -3.21. The Morgan fingerprint density at radius 3 is 2.23 bits per heavy atom. The van der Waals surface area contributed by atoms with Gasteiger partial charge < -0.3 is 15.2 Å². The lowest BCUT2D eigenvalue weighted by molar-refractivity contribution is -0.274. The minimum absolute atomic E-state index is 0.0533. The van der Waals surface area contributed by atoms with Crippen LogP contribution in [0, 0.1) is 0 Å². The number of rotatable bonds is 11. The highest BCUT2D eigenvalue weighted by molar-refractivity contribution is 5.80. The van der Waals surface area contributed by atoms with Crippen molar-refractivity contribution >= 4 is 0 Å². The second kappa shape index (κ2) is 13.1. The predicted octanol–water partition coefficient (Wildman–Crippen LogP) is 5.92. The maximum atomic E-state index is 13.9. The molecule has 44 heavy (non-hydrogen) atoms. The first-order chi connectivity index (χ1) is 21.2. The van der Waals surface area contributed by atoms with Crippen molar-refractivity contribution in [2.75, 3.05) is 7.11 Å². The normalized spacial score (nSPS) is 11.5. The van der Waals surface area contributed by atoms with Crippen LogP contribution in [0.1, 0.15) is 41.6 Å². The maximum Gasteiger partial charge on any atom is 0.573 e. The van der Waals surface area contributed by atoms with Crippen LogP contribution in [0.5, 0.6) is 11.8 Å². The summed E-state index contributed by atoms with van der Waals surface area (Å²) in [5, 5.41) is 4.01. The monoisotopic (exact) mass is 605 g/mol. The van der Waals surface area contributed by atoms with Crippen LogP contribution in [-0.2, 0) is 25.9 Å². The van der Waals surface area contributed by atoms with Gasteiger partial charge in [0.1, 0.15) is 11.6 Å². The zero-order valence-electron chi connectivity index (χ0n) is 24.1. The fourth-order valence-corrected chi connectivity index (χ4v) is 4.93. The number of halogens is 3. The van der Waals surface area contributed by atoms with Crippen molar-refractivity contribution in [2.24, 2.45) is 5.73 Å². The maximum absolute atomic E-state index is 13.9. The van der Waals surface area contributed by atoms with Gasteiger partial charge >= 0.3 is 12.4 Å². The third-order valence-corrected chi connectivity index (χ3v) is 6.99. The quantitative estimate of drug-likeness (QED) is 0.197. The number of hydrogen-bond donors (Lipinski definition) is 1. The summed E-state index contributed by atoms with van der Waals surface area (Å²) >= 11 is 0. The van der Waals surface area contributed by atoms with Crippen LogP contribution in [0.3, 0.4) is 0 Å². The first-order valence-corrected chi connectivity index (χ1v) is 13.9. The summed E-state index contributed by atoms with van der Waals surface area (Å²) in [6, 6.07) is 20.9. The molecule has 0 aliphatic heterocycles. The number of alkyl halides is 3. The van der Waals surface area contributed by atoms with Gasteiger partial charge in [-0.05, 0) is 40.8 Å². The highest BCUT2D eigenvalue weighted by atomic mass is 19.4. The summed E-state index contributed by atoms with van der Waals surface area (Å²) in [6.45, 7) is 2.34. The van der Waals surface area contributed by atoms with Crippen molar-refractivity contribution in [1.29, 1.82) is 0 Å². The van der Waals surface area contributed by atoms with Crippen molar-refractivity contribution < 1.29 is 27.2 Å². The molecule has 0 radical (unpaired) electrons. The van der Waals surface area contributed by atoms with Gasteiger partial charge in [0.25, 0.3) is 5.56 Å². The molecule has 2 N–H and O–H groups in total. The standard InChI is InChI=1S/C32H30F3N5O4/c1-3-6-28-37-27(18-36)26(17-20-11-15-23(16-12-20)43-32(33,34)35)30(41)40(28)19-21-9-13-22(14-10-21)24-7-4-5-8-25(24)29-38-31(42-2)44-39-29/h4-5,7-16H,3,6,17-19,36H2,1-2H3. The van der Waals surface area contributed by atoms with E-state index in [4.69, 9.17) is 20.0 Å². The molecule has 0 aliphatic rings. The molecule has 3 aromatic carbocycles. The van der Waals surface area contributed by atoms with E-state index >= 15 is 0 Å². The number of benzene rings is 3. The van der Waals surface area contributed by atoms with E-state index < -0.39 is 6.36 Å².